The third kappa shape index (κ3) is 5.81. The number of carbonyl (C=O) groups is 2. The number of hydrogen-bond acceptors (Lipinski definition) is 3. The first kappa shape index (κ1) is 25.7. The van der Waals surface area contributed by atoms with E-state index in [4.69, 9.17) is 5.73 Å². The smallest absolute Gasteiger partial charge is 0.245 e. The van der Waals surface area contributed by atoms with Crippen molar-refractivity contribution in [2.24, 2.45) is 5.73 Å². The normalized spacial score (nSPS) is 15.5. The molecule has 1 aliphatic heterocycles. The summed E-state index contributed by atoms with van der Waals surface area (Å²) >= 11 is 0. The molecule has 0 radical (unpaired) electrons. The molecule has 6 heteroatoms. The van der Waals surface area contributed by atoms with Gasteiger partial charge in [0.1, 0.15) is 6.04 Å². The second-order valence-corrected chi connectivity index (χ2v) is 10.1. The second-order valence-electron chi connectivity index (χ2n) is 10.1. The molecule has 1 aromatic heterocycles. The number of amides is 2. The molecular formula is C32H36N4O2. The van der Waals surface area contributed by atoms with Gasteiger partial charge >= 0.3 is 0 Å². The Morgan fingerprint density at radius 3 is 2.26 bits per heavy atom. The molecule has 1 aliphatic rings. The molecule has 6 nitrogen and oxygen atoms in total. The predicted octanol–water partition coefficient (Wildman–Crippen LogP) is 4.89. The molecule has 0 saturated carbocycles. The predicted molar refractivity (Wildman–Crippen MR) is 152 cm³/mol. The number of benzene rings is 3. The average Bonchev–Trinajstić information content (AvgIpc) is 3.24. The number of carbonyl (C=O) groups excluding carboxylic acids is 2. The summed E-state index contributed by atoms with van der Waals surface area (Å²) in [5.74, 6) is -0.225. The number of nitrogens with one attached hydrogen (secondary N) is 2. The summed E-state index contributed by atoms with van der Waals surface area (Å²) in [7, 11) is 0. The zero-order valence-corrected chi connectivity index (χ0v) is 21.7. The molecule has 4 aromatic rings. The Morgan fingerprint density at radius 1 is 0.921 bits per heavy atom. The maximum absolute atomic E-state index is 13.7. The summed E-state index contributed by atoms with van der Waals surface area (Å²) in [6.07, 6.45) is 3.57. The average molecular weight is 509 g/mol. The Morgan fingerprint density at radius 2 is 1.58 bits per heavy atom. The number of nitrogens with zero attached hydrogens (tertiary/aromatic N) is 1. The van der Waals surface area contributed by atoms with Gasteiger partial charge in [0.2, 0.25) is 11.8 Å². The Bertz CT molecular complexity index is 1330. The third-order valence-electron chi connectivity index (χ3n) is 7.53. The van der Waals surface area contributed by atoms with Crippen LogP contribution in [0.5, 0.6) is 0 Å². The highest BCUT2D eigenvalue weighted by Gasteiger charge is 2.33. The van der Waals surface area contributed by atoms with E-state index >= 15 is 0 Å². The SMILES string of the molecule is NCCCCCN1Cc2[nH]c3ccccc3c2C[C@@H](NC(=O)CC(c2ccccc2)c2ccccc2)C1=O. The molecule has 0 bridgehead atoms. The maximum atomic E-state index is 13.7. The van der Waals surface area contributed by atoms with E-state index in [0.29, 0.717) is 26.1 Å². The molecular weight excluding hydrogens is 472 g/mol. The van der Waals surface area contributed by atoms with Crippen LogP contribution in [0.25, 0.3) is 10.9 Å². The van der Waals surface area contributed by atoms with Gasteiger partial charge in [-0.15, -0.1) is 0 Å². The van der Waals surface area contributed by atoms with Gasteiger partial charge in [0, 0.05) is 41.9 Å². The first-order valence-electron chi connectivity index (χ1n) is 13.6. The number of aromatic amines is 1. The van der Waals surface area contributed by atoms with Gasteiger partial charge in [0.05, 0.1) is 6.54 Å². The molecule has 0 spiro atoms. The fourth-order valence-corrected chi connectivity index (χ4v) is 5.57. The van der Waals surface area contributed by atoms with Crippen LogP contribution in [0.2, 0.25) is 0 Å². The molecule has 0 unspecified atom stereocenters. The van der Waals surface area contributed by atoms with Gasteiger partial charge in [-0.25, -0.2) is 0 Å². The largest absolute Gasteiger partial charge is 0.357 e. The van der Waals surface area contributed by atoms with E-state index in [1.54, 1.807) is 0 Å². The number of aromatic nitrogens is 1. The molecule has 2 amide bonds. The Balaban J connectivity index is 1.39. The van der Waals surface area contributed by atoms with Gasteiger partial charge in [0.25, 0.3) is 0 Å². The fourth-order valence-electron chi connectivity index (χ4n) is 5.57. The maximum Gasteiger partial charge on any atom is 0.245 e. The minimum atomic E-state index is -0.607. The first-order valence-corrected chi connectivity index (χ1v) is 13.6. The van der Waals surface area contributed by atoms with Crippen molar-refractivity contribution < 1.29 is 9.59 Å². The number of unbranched alkanes of at least 4 members (excludes halogenated alkanes) is 2. The second kappa shape index (κ2) is 12.1. The minimum absolute atomic E-state index is 0.0178. The fraction of sp³-hybridized carbons (Fsp3) is 0.312. The monoisotopic (exact) mass is 508 g/mol. The first-order chi connectivity index (χ1) is 18.6. The molecule has 2 heterocycles. The quantitative estimate of drug-likeness (QED) is 0.267. The lowest BCUT2D eigenvalue weighted by atomic mass is 9.88. The van der Waals surface area contributed by atoms with Crippen molar-refractivity contribution >= 4 is 22.7 Å². The van der Waals surface area contributed by atoms with Gasteiger partial charge < -0.3 is 20.9 Å². The summed E-state index contributed by atoms with van der Waals surface area (Å²) in [6.45, 7) is 1.83. The van der Waals surface area contributed by atoms with Gasteiger partial charge in [-0.1, -0.05) is 85.3 Å². The molecule has 196 valence electrons. The summed E-state index contributed by atoms with van der Waals surface area (Å²) in [5.41, 5.74) is 11.1. The van der Waals surface area contributed by atoms with E-state index in [2.05, 4.69) is 46.7 Å². The Labute approximate surface area is 224 Å². The van der Waals surface area contributed by atoms with E-state index in [1.165, 1.54) is 0 Å². The summed E-state index contributed by atoms with van der Waals surface area (Å²) in [6, 6.07) is 27.8. The van der Waals surface area contributed by atoms with Gasteiger partial charge in [-0.3, -0.25) is 9.59 Å². The summed E-state index contributed by atoms with van der Waals surface area (Å²) < 4.78 is 0. The molecule has 0 saturated heterocycles. The number of nitrogens with two attached hydrogens (primary N) is 1. The van der Waals surface area contributed by atoms with Crippen molar-refractivity contribution in [3.8, 4) is 0 Å². The summed E-state index contributed by atoms with van der Waals surface area (Å²) in [4.78, 5) is 32.7. The number of para-hydroxylation sites is 1. The van der Waals surface area contributed by atoms with Crippen LogP contribution < -0.4 is 11.1 Å². The van der Waals surface area contributed by atoms with E-state index in [1.807, 2.05) is 53.4 Å². The van der Waals surface area contributed by atoms with Crippen LogP contribution in [0.15, 0.2) is 84.9 Å². The lowest BCUT2D eigenvalue weighted by Crippen LogP contribution is -2.48. The number of H-pyrrole nitrogens is 1. The number of hydrogen-bond donors (Lipinski definition) is 3. The molecule has 38 heavy (non-hydrogen) atoms. The molecule has 3 aromatic carbocycles. The lowest BCUT2D eigenvalue weighted by molar-refractivity contribution is -0.136. The topological polar surface area (TPSA) is 91.2 Å². The standard InChI is InChI=1S/C32H36N4O2/c33-18-10-3-11-19-36-22-30-27(25-16-8-9-17-28(25)34-30)20-29(32(36)38)35-31(37)21-26(23-12-4-1-5-13-23)24-14-6-2-7-15-24/h1-2,4-9,12-17,26,29,34H,3,10-11,18-22,33H2,(H,35,37)/t29-/m1/s1. The van der Waals surface area contributed by atoms with Gasteiger partial charge in [0.15, 0.2) is 0 Å². The van der Waals surface area contributed by atoms with Crippen molar-refractivity contribution in [2.45, 2.75) is 50.6 Å². The van der Waals surface area contributed by atoms with Crippen molar-refractivity contribution in [1.29, 1.82) is 0 Å². The van der Waals surface area contributed by atoms with E-state index in [0.717, 1.165) is 52.5 Å². The molecule has 0 fully saturated rings. The van der Waals surface area contributed by atoms with Crippen molar-refractivity contribution in [1.82, 2.24) is 15.2 Å². The van der Waals surface area contributed by atoms with E-state index < -0.39 is 6.04 Å². The summed E-state index contributed by atoms with van der Waals surface area (Å²) in [5, 5.41) is 4.26. The van der Waals surface area contributed by atoms with Crippen LogP contribution in [0.1, 0.15) is 54.0 Å². The Kier molecular flexibility index (Phi) is 8.19. The minimum Gasteiger partial charge on any atom is -0.357 e. The highest BCUT2D eigenvalue weighted by Crippen LogP contribution is 2.30. The van der Waals surface area contributed by atoms with Crippen molar-refractivity contribution in [3.63, 3.8) is 0 Å². The van der Waals surface area contributed by atoms with Crippen molar-refractivity contribution in [2.75, 3.05) is 13.1 Å². The van der Waals surface area contributed by atoms with Crippen LogP contribution in [0.4, 0.5) is 0 Å². The highest BCUT2D eigenvalue weighted by atomic mass is 16.2. The zero-order chi connectivity index (χ0) is 26.3. The van der Waals surface area contributed by atoms with Crippen LogP contribution in [-0.2, 0) is 22.6 Å². The van der Waals surface area contributed by atoms with Crippen LogP contribution >= 0.6 is 0 Å². The van der Waals surface area contributed by atoms with Crippen LogP contribution in [0, 0.1) is 0 Å². The Hall–Kier alpha value is -3.90. The van der Waals surface area contributed by atoms with Crippen LogP contribution in [-0.4, -0.2) is 40.8 Å². The molecule has 0 aliphatic carbocycles. The lowest BCUT2D eigenvalue weighted by Gasteiger charge is -2.26. The van der Waals surface area contributed by atoms with Crippen molar-refractivity contribution in [3.05, 3.63) is 107 Å². The van der Waals surface area contributed by atoms with E-state index in [9.17, 15) is 9.59 Å². The molecule has 4 N–H and O–H groups in total. The van der Waals surface area contributed by atoms with Gasteiger partial charge in [-0.05, 0) is 42.1 Å². The number of rotatable bonds is 10. The third-order valence-corrected chi connectivity index (χ3v) is 7.53. The molecule has 1 atom stereocenters. The molecule has 5 rings (SSSR count). The van der Waals surface area contributed by atoms with E-state index in [-0.39, 0.29) is 24.2 Å². The van der Waals surface area contributed by atoms with Gasteiger partial charge in [-0.2, -0.15) is 0 Å². The number of fused-ring (bicyclic) bond motifs is 3. The van der Waals surface area contributed by atoms with Crippen LogP contribution in [0.3, 0.4) is 0 Å². The zero-order valence-electron chi connectivity index (χ0n) is 21.7. The highest BCUT2D eigenvalue weighted by molar-refractivity contribution is 5.91.